The molecule has 0 saturated carbocycles. The van der Waals surface area contributed by atoms with E-state index < -0.39 is 12.0 Å². The summed E-state index contributed by atoms with van der Waals surface area (Å²) in [6, 6.07) is -0.854. The van der Waals surface area contributed by atoms with Crippen LogP contribution in [0.5, 0.6) is 0 Å². The molecule has 0 radical (unpaired) electrons. The van der Waals surface area contributed by atoms with Gasteiger partial charge in [0.05, 0.1) is 0 Å². The molecule has 0 aromatic heterocycles. The van der Waals surface area contributed by atoms with E-state index in [1.807, 2.05) is 0 Å². The topological polar surface area (TPSA) is 63.3 Å². The lowest BCUT2D eigenvalue weighted by Gasteiger charge is -1.97. The Labute approximate surface area is 43.5 Å². The third-order valence-corrected chi connectivity index (χ3v) is 0.628. The molecule has 42 valence electrons. The zero-order valence-electron chi connectivity index (χ0n) is 4.92. The molecule has 0 aliphatic carbocycles. The van der Waals surface area contributed by atoms with Crippen molar-refractivity contribution in [2.24, 2.45) is 5.73 Å². The fourth-order valence-electron chi connectivity index (χ4n) is 0.123. The summed E-state index contributed by atoms with van der Waals surface area (Å²) in [5.41, 5.74) is 5.01. The van der Waals surface area contributed by atoms with Crippen LogP contribution in [-0.4, -0.2) is 17.1 Å². The van der Waals surface area contributed by atoms with Crippen LogP contribution in [0.25, 0.3) is 0 Å². The van der Waals surface area contributed by atoms with Crippen molar-refractivity contribution in [3.63, 3.8) is 0 Å². The first-order chi connectivity index (χ1) is 3.68. The van der Waals surface area contributed by atoms with Gasteiger partial charge in [-0.3, -0.25) is 4.79 Å². The van der Waals surface area contributed by atoms with Gasteiger partial charge in [-0.15, -0.1) is 0 Å². The minimum absolute atomic E-state index is 0.0769. The Bertz CT molecular complexity index is 86.1. The zero-order chi connectivity index (χ0) is 6.57. The van der Waals surface area contributed by atoms with Crippen molar-refractivity contribution in [3.8, 4) is 0 Å². The molecule has 0 aromatic carbocycles. The van der Waals surface area contributed by atoms with Crippen molar-refractivity contribution in [1.29, 1.82) is 0 Å². The number of carbonyl (C=O) groups is 1. The summed E-state index contributed by atoms with van der Waals surface area (Å²) in [6.45, 7) is 0.0769. The summed E-state index contributed by atoms with van der Waals surface area (Å²) in [5, 5.41) is 8.10. The largest absolute Gasteiger partial charge is 0.480 e. The van der Waals surface area contributed by atoms with Crippen LogP contribution in [0.2, 0.25) is 0 Å². The third-order valence-electron chi connectivity index (χ3n) is 0.628. The van der Waals surface area contributed by atoms with Gasteiger partial charge < -0.3 is 10.8 Å². The maximum absolute atomic E-state index is 9.88. The fraction of sp³-hybridized carbons (Fsp3) is 0.750. The third kappa shape index (κ3) is 2.17. The molecule has 0 aliphatic heterocycles. The number of carboxylic acid groups (broad SMARTS) is 1. The number of rotatable bonds is 2. The monoisotopic (exact) mass is 104 g/mol. The maximum Gasteiger partial charge on any atom is 0.320 e. The molecule has 0 rings (SSSR count). The van der Waals surface area contributed by atoms with Crippen molar-refractivity contribution >= 4 is 5.97 Å². The minimum atomic E-state index is -1.03. The highest BCUT2D eigenvalue weighted by Gasteiger charge is 2.05. The minimum Gasteiger partial charge on any atom is -0.480 e. The number of nitrogens with two attached hydrogens (primary N) is 1. The van der Waals surface area contributed by atoms with Gasteiger partial charge in [0.25, 0.3) is 0 Å². The van der Waals surface area contributed by atoms with Crippen LogP contribution in [0.3, 0.4) is 0 Å². The molecule has 0 spiro atoms. The first-order valence-corrected chi connectivity index (χ1v) is 1.96. The normalized spacial score (nSPS) is 15.3. The number of aliphatic carboxylic acids is 1. The molecular formula is C4H9NO2. The van der Waals surface area contributed by atoms with Gasteiger partial charge in [-0.1, -0.05) is 6.90 Å². The zero-order valence-corrected chi connectivity index (χ0v) is 3.92. The summed E-state index contributed by atoms with van der Waals surface area (Å²) in [6.07, 6.45) is 0.231. The van der Waals surface area contributed by atoms with Gasteiger partial charge in [0, 0.05) is 1.37 Å². The molecule has 0 bridgehead atoms. The number of hydrogen-bond acceptors (Lipinski definition) is 2. The highest BCUT2D eigenvalue weighted by Crippen LogP contribution is 1.82. The average molecular weight is 104 g/mol. The molecule has 0 aliphatic rings. The van der Waals surface area contributed by atoms with E-state index in [4.69, 9.17) is 12.2 Å². The Morgan fingerprint density at radius 2 is 2.86 bits per heavy atom. The van der Waals surface area contributed by atoms with E-state index in [0.717, 1.165) is 0 Å². The summed E-state index contributed by atoms with van der Waals surface area (Å²) in [5.74, 6) is -1.03. The molecular weight excluding hydrogens is 94.0 g/mol. The standard InChI is InChI=1S/C4H9NO2/c1-2-3(5)4(6)7/h3H,2,5H2,1H3,(H,6,7)/i1D. The maximum atomic E-state index is 9.88. The van der Waals surface area contributed by atoms with E-state index in [9.17, 15) is 4.79 Å². The first kappa shape index (κ1) is 4.59. The van der Waals surface area contributed by atoms with E-state index in [0.29, 0.717) is 0 Å². The molecule has 0 amide bonds. The number of carboxylic acids is 1. The van der Waals surface area contributed by atoms with Gasteiger partial charge in [-0.2, -0.15) is 0 Å². The molecule has 1 unspecified atom stereocenters. The molecule has 7 heavy (non-hydrogen) atoms. The summed E-state index contributed by atoms with van der Waals surface area (Å²) >= 11 is 0. The summed E-state index contributed by atoms with van der Waals surface area (Å²) in [7, 11) is 0. The van der Waals surface area contributed by atoms with Crippen LogP contribution in [0.1, 0.15) is 14.7 Å². The fourth-order valence-corrected chi connectivity index (χ4v) is 0.123. The van der Waals surface area contributed by atoms with Crippen LogP contribution in [-0.2, 0) is 4.79 Å². The highest BCUT2D eigenvalue weighted by atomic mass is 16.4. The average Bonchev–Trinajstić information content (AvgIpc) is 1.67. The summed E-state index contributed by atoms with van der Waals surface area (Å²) in [4.78, 5) is 9.88. The molecule has 3 nitrogen and oxygen atoms in total. The second kappa shape index (κ2) is 2.58. The van der Waals surface area contributed by atoms with Gasteiger partial charge in [0.1, 0.15) is 6.04 Å². The van der Waals surface area contributed by atoms with Crippen LogP contribution in [0, 0.1) is 0 Å². The SMILES string of the molecule is [2H]CCC(N)C(=O)O. The molecule has 0 heterocycles. The molecule has 0 saturated heterocycles. The van der Waals surface area contributed by atoms with Crippen LogP contribution in [0.4, 0.5) is 0 Å². The van der Waals surface area contributed by atoms with Crippen molar-refractivity contribution < 1.29 is 11.3 Å². The smallest absolute Gasteiger partial charge is 0.320 e. The van der Waals surface area contributed by atoms with Crippen molar-refractivity contribution in [1.82, 2.24) is 0 Å². The highest BCUT2D eigenvalue weighted by molar-refractivity contribution is 5.72. The lowest BCUT2D eigenvalue weighted by Crippen LogP contribution is -2.28. The quantitative estimate of drug-likeness (QED) is 0.510. The summed E-state index contributed by atoms with van der Waals surface area (Å²) < 4.78 is 6.58. The van der Waals surface area contributed by atoms with Gasteiger partial charge in [-0.05, 0) is 6.42 Å². The number of hydrogen-bond donors (Lipinski definition) is 2. The van der Waals surface area contributed by atoms with Crippen LogP contribution in [0.15, 0.2) is 0 Å². The van der Waals surface area contributed by atoms with Gasteiger partial charge in [-0.25, -0.2) is 0 Å². The van der Waals surface area contributed by atoms with E-state index in [-0.39, 0.29) is 13.3 Å². The molecule has 0 fully saturated rings. The predicted octanol–water partition coefficient (Wildman–Crippen LogP) is -0.192. The molecule has 3 heteroatoms. The van der Waals surface area contributed by atoms with Gasteiger partial charge >= 0.3 is 5.97 Å². The Balaban J connectivity index is 3.32. The first-order valence-electron chi connectivity index (χ1n) is 2.67. The van der Waals surface area contributed by atoms with E-state index in [1.54, 1.807) is 0 Å². The van der Waals surface area contributed by atoms with Crippen LogP contribution < -0.4 is 5.73 Å². The Hall–Kier alpha value is -0.570. The second-order valence-corrected chi connectivity index (χ2v) is 1.23. The predicted molar refractivity (Wildman–Crippen MR) is 25.9 cm³/mol. The Kier molecular flexibility index (Phi) is 1.69. The van der Waals surface area contributed by atoms with Gasteiger partial charge in [0.2, 0.25) is 0 Å². The van der Waals surface area contributed by atoms with Crippen LogP contribution >= 0.6 is 0 Å². The van der Waals surface area contributed by atoms with Crippen molar-refractivity contribution in [2.75, 3.05) is 0 Å². The Morgan fingerprint density at radius 3 is 3.00 bits per heavy atom. The van der Waals surface area contributed by atoms with Crippen molar-refractivity contribution in [2.45, 2.75) is 19.4 Å². The molecule has 0 aromatic rings. The molecule has 1 atom stereocenters. The Morgan fingerprint density at radius 1 is 2.29 bits per heavy atom. The van der Waals surface area contributed by atoms with E-state index in [1.165, 1.54) is 0 Å². The second-order valence-electron chi connectivity index (χ2n) is 1.23. The van der Waals surface area contributed by atoms with Gasteiger partial charge in [0.15, 0.2) is 0 Å². The van der Waals surface area contributed by atoms with E-state index in [2.05, 4.69) is 0 Å². The molecule has 3 N–H and O–H groups in total. The van der Waals surface area contributed by atoms with E-state index >= 15 is 0 Å². The van der Waals surface area contributed by atoms with Crippen molar-refractivity contribution in [3.05, 3.63) is 0 Å². The lowest BCUT2D eigenvalue weighted by molar-refractivity contribution is -0.138. The lowest BCUT2D eigenvalue weighted by atomic mass is 10.2.